The van der Waals surface area contributed by atoms with Crippen LogP contribution < -0.4 is 21.5 Å². The molecule has 1 aromatic rings. The van der Waals surface area contributed by atoms with Crippen molar-refractivity contribution in [2.75, 3.05) is 24.5 Å². The van der Waals surface area contributed by atoms with Crippen molar-refractivity contribution < 1.29 is 4.79 Å². The van der Waals surface area contributed by atoms with Gasteiger partial charge in [-0.3, -0.25) is 18.7 Å². The van der Waals surface area contributed by atoms with E-state index in [0.717, 1.165) is 36.8 Å². The molecule has 23 heavy (non-hydrogen) atoms. The van der Waals surface area contributed by atoms with Crippen molar-refractivity contribution >= 4 is 11.7 Å². The molecule has 1 aliphatic heterocycles. The summed E-state index contributed by atoms with van der Waals surface area (Å²) in [5, 5.41) is 2.97. The number of unbranched alkanes of at least 4 members (excludes halogenated alkanes) is 1. The number of carbonyl (C=O) groups is 1. The van der Waals surface area contributed by atoms with Crippen LogP contribution in [0.25, 0.3) is 0 Å². The number of amides is 1. The molecular formula is C16H26N4O3. The Hall–Kier alpha value is -2.05. The number of nitrogens with zero attached hydrogens (tertiary/aromatic N) is 3. The molecule has 1 fully saturated rings. The molecule has 0 aliphatic carbocycles. The second kappa shape index (κ2) is 7.48. The maximum absolute atomic E-state index is 12.3. The van der Waals surface area contributed by atoms with E-state index >= 15 is 0 Å². The number of hydrogen-bond donors (Lipinski definition) is 1. The minimum absolute atomic E-state index is 0.0667. The first-order valence-corrected chi connectivity index (χ1v) is 8.25. The molecule has 1 aromatic heterocycles. The average molecular weight is 322 g/mol. The van der Waals surface area contributed by atoms with E-state index < -0.39 is 0 Å². The predicted molar refractivity (Wildman–Crippen MR) is 89.8 cm³/mol. The summed E-state index contributed by atoms with van der Waals surface area (Å²) in [6.07, 6.45) is 3.74. The Balaban J connectivity index is 2.14. The standard InChI is InChI=1S/C16H26N4O3/c1-4-5-8-17-15(22)12-7-6-9-20(11-12)13-10-14(21)19(3)16(23)18(13)2/h10,12H,4-9,11H2,1-3H3,(H,17,22)/t12-/m0/s1. The molecule has 1 atom stereocenters. The van der Waals surface area contributed by atoms with Crippen LogP contribution in [0.15, 0.2) is 15.7 Å². The van der Waals surface area contributed by atoms with Crippen LogP contribution in [0.1, 0.15) is 32.6 Å². The van der Waals surface area contributed by atoms with Gasteiger partial charge in [0, 0.05) is 39.8 Å². The van der Waals surface area contributed by atoms with Crippen molar-refractivity contribution in [1.29, 1.82) is 0 Å². The third kappa shape index (κ3) is 3.83. The quantitative estimate of drug-likeness (QED) is 0.787. The van der Waals surface area contributed by atoms with Crippen LogP contribution in [0.4, 0.5) is 5.82 Å². The molecule has 0 aromatic carbocycles. The van der Waals surface area contributed by atoms with Gasteiger partial charge in [-0.25, -0.2) is 4.79 Å². The highest BCUT2D eigenvalue weighted by molar-refractivity contribution is 5.79. The van der Waals surface area contributed by atoms with Crippen LogP contribution in [0.3, 0.4) is 0 Å². The number of piperidine rings is 1. The van der Waals surface area contributed by atoms with Gasteiger partial charge in [-0.15, -0.1) is 0 Å². The maximum atomic E-state index is 12.3. The van der Waals surface area contributed by atoms with Crippen LogP contribution in [-0.2, 0) is 18.9 Å². The molecule has 0 saturated carbocycles. The highest BCUT2D eigenvalue weighted by Gasteiger charge is 2.27. The molecule has 1 N–H and O–H groups in total. The van der Waals surface area contributed by atoms with Gasteiger partial charge in [0.05, 0.1) is 5.92 Å². The number of hydrogen-bond acceptors (Lipinski definition) is 4. The molecule has 0 radical (unpaired) electrons. The number of nitrogens with one attached hydrogen (secondary N) is 1. The first-order valence-electron chi connectivity index (χ1n) is 8.25. The Morgan fingerprint density at radius 2 is 2.04 bits per heavy atom. The van der Waals surface area contributed by atoms with Crippen LogP contribution in [0.2, 0.25) is 0 Å². The predicted octanol–water partition coefficient (Wildman–Crippen LogP) is 0.217. The SMILES string of the molecule is CCCCNC(=O)[C@H]1CCCN(c2cc(=O)n(C)c(=O)n2C)C1. The van der Waals surface area contributed by atoms with Gasteiger partial charge in [-0.1, -0.05) is 13.3 Å². The molecule has 1 aliphatic rings. The number of aromatic nitrogens is 2. The second-order valence-electron chi connectivity index (χ2n) is 6.17. The number of anilines is 1. The van der Waals surface area contributed by atoms with Crippen LogP contribution in [0.5, 0.6) is 0 Å². The summed E-state index contributed by atoms with van der Waals surface area (Å²) in [4.78, 5) is 38.2. The topological polar surface area (TPSA) is 76.3 Å². The highest BCUT2D eigenvalue weighted by Crippen LogP contribution is 2.21. The lowest BCUT2D eigenvalue weighted by Gasteiger charge is -2.34. The summed E-state index contributed by atoms with van der Waals surface area (Å²) < 4.78 is 2.56. The van der Waals surface area contributed by atoms with Crippen molar-refractivity contribution in [2.45, 2.75) is 32.6 Å². The summed E-state index contributed by atoms with van der Waals surface area (Å²) >= 11 is 0. The van der Waals surface area contributed by atoms with Gasteiger partial charge < -0.3 is 10.2 Å². The molecule has 7 nitrogen and oxygen atoms in total. The van der Waals surface area contributed by atoms with E-state index in [9.17, 15) is 14.4 Å². The second-order valence-corrected chi connectivity index (χ2v) is 6.17. The van der Waals surface area contributed by atoms with Crippen LogP contribution >= 0.6 is 0 Å². The highest BCUT2D eigenvalue weighted by atomic mass is 16.2. The molecule has 128 valence electrons. The summed E-state index contributed by atoms with van der Waals surface area (Å²) in [5.41, 5.74) is -0.667. The third-order valence-electron chi connectivity index (χ3n) is 4.45. The Bertz CT molecular complexity index is 677. The molecule has 1 saturated heterocycles. The van der Waals surface area contributed by atoms with Gasteiger partial charge in [0.2, 0.25) is 5.91 Å². The molecule has 2 rings (SSSR count). The first-order chi connectivity index (χ1) is 11.0. The molecular weight excluding hydrogens is 296 g/mol. The summed E-state index contributed by atoms with van der Waals surface area (Å²) in [6.45, 7) is 4.08. The lowest BCUT2D eigenvalue weighted by molar-refractivity contribution is -0.125. The van der Waals surface area contributed by atoms with Crippen molar-refractivity contribution in [3.63, 3.8) is 0 Å². The van der Waals surface area contributed by atoms with E-state index in [-0.39, 0.29) is 23.1 Å². The Kier molecular flexibility index (Phi) is 5.63. The lowest BCUT2D eigenvalue weighted by atomic mass is 9.97. The van der Waals surface area contributed by atoms with E-state index in [1.54, 1.807) is 7.05 Å². The summed E-state index contributed by atoms with van der Waals surface area (Å²) in [7, 11) is 3.12. The van der Waals surface area contributed by atoms with Crippen molar-refractivity contribution in [3.05, 3.63) is 26.9 Å². The van der Waals surface area contributed by atoms with E-state index in [0.29, 0.717) is 18.9 Å². The van der Waals surface area contributed by atoms with E-state index in [1.807, 2.05) is 4.90 Å². The van der Waals surface area contributed by atoms with E-state index in [4.69, 9.17) is 0 Å². The maximum Gasteiger partial charge on any atom is 0.332 e. The minimum atomic E-state index is -0.345. The number of rotatable bonds is 5. The van der Waals surface area contributed by atoms with E-state index in [2.05, 4.69) is 12.2 Å². The Labute approximate surface area is 135 Å². The fourth-order valence-corrected chi connectivity index (χ4v) is 2.96. The zero-order valence-electron chi connectivity index (χ0n) is 14.2. The third-order valence-corrected chi connectivity index (χ3v) is 4.45. The molecule has 2 heterocycles. The largest absolute Gasteiger partial charge is 0.357 e. The fraction of sp³-hybridized carbons (Fsp3) is 0.688. The average Bonchev–Trinajstić information content (AvgIpc) is 2.56. The van der Waals surface area contributed by atoms with Gasteiger partial charge in [-0.2, -0.15) is 0 Å². The molecule has 0 bridgehead atoms. The van der Waals surface area contributed by atoms with Crippen molar-refractivity contribution in [2.24, 2.45) is 20.0 Å². The Morgan fingerprint density at radius 1 is 1.30 bits per heavy atom. The smallest absolute Gasteiger partial charge is 0.332 e. The minimum Gasteiger partial charge on any atom is -0.357 e. The van der Waals surface area contributed by atoms with Gasteiger partial charge >= 0.3 is 5.69 Å². The van der Waals surface area contributed by atoms with Gasteiger partial charge in [-0.05, 0) is 19.3 Å². The molecule has 0 spiro atoms. The molecule has 0 unspecified atom stereocenters. The summed E-state index contributed by atoms with van der Waals surface area (Å²) in [6, 6.07) is 1.47. The van der Waals surface area contributed by atoms with Gasteiger partial charge in [0.1, 0.15) is 5.82 Å². The van der Waals surface area contributed by atoms with Crippen molar-refractivity contribution in [3.8, 4) is 0 Å². The lowest BCUT2D eigenvalue weighted by Crippen LogP contribution is -2.46. The van der Waals surface area contributed by atoms with E-state index in [1.165, 1.54) is 17.7 Å². The fourth-order valence-electron chi connectivity index (χ4n) is 2.96. The zero-order chi connectivity index (χ0) is 17.0. The molecule has 7 heteroatoms. The number of carbonyl (C=O) groups excluding carboxylic acids is 1. The Morgan fingerprint density at radius 3 is 2.74 bits per heavy atom. The monoisotopic (exact) mass is 322 g/mol. The normalized spacial score (nSPS) is 18.0. The summed E-state index contributed by atoms with van der Waals surface area (Å²) in [5.74, 6) is 0.556. The zero-order valence-corrected chi connectivity index (χ0v) is 14.2. The van der Waals surface area contributed by atoms with Crippen LogP contribution in [-0.4, -0.2) is 34.7 Å². The van der Waals surface area contributed by atoms with Crippen LogP contribution in [0, 0.1) is 5.92 Å². The van der Waals surface area contributed by atoms with Crippen molar-refractivity contribution in [1.82, 2.24) is 14.5 Å². The first kappa shape index (κ1) is 17.3. The van der Waals surface area contributed by atoms with Gasteiger partial charge in [0.15, 0.2) is 0 Å². The van der Waals surface area contributed by atoms with Gasteiger partial charge in [0.25, 0.3) is 5.56 Å². The molecule has 1 amide bonds.